The van der Waals surface area contributed by atoms with Gasteiger partial charge in [0.2, 0.25) is 0 Å². The quantitative estimate of drug-likeness (QED) is 0.902. The SMILES string of the molecule is Cc1[nH]c(=O)sc1C(=O)N1CCN(c2ccccn2)CC1. The van der Waals surface area contributed by atoms with E-state index in [1.54, 1.807) is 18.0 Å². The number of carbonyl (C=O) groups excluding carboxylic acids is 1. The molecule has 0 radical (unpaired) electrons. The first-order chi connectivity index (χ1) is 10.1. The zero-order valence-corrected chi connectivity index (χ0v) is 12.5. The molecule has 1 aliphatic rings. The number of aromatic nitrogens is 2. The number of H-pyrrole nitrogens is 1. The van der Waals surface area contributed by atoms with Crippen molar-refractivity contribution in [2.75, 3.05) is 31.1 Å². The molecule has 1 N–H and O–H groups in total. The van der Waals surface area contributed by atoms with Gasteiger partial charge in [0.1, 0.15) is 10.7 Å². The maximum atomic E-state index is 12.4. The van der Waals surface area contributed by atoms with Crippen molar-refractivity contribution in [2.24, 2.45) is 0 Å². The molecule has 3 heterocycles. The fourth-order valence-electron chi connectivity index (χ4n) is 2.43. The predicted octanol–water partition coefficient (Wildman–Crippen LogP) is 1.10. The summed E-state index contributed by atoms with van der Waals surface area (Å²) >= 11 is 0.985. The molecule has 1 fully saturated rings. The standard InChI is InChI=1S/C14H16N4O2S/c1-10-12(21-14(20)16-10)13(19)18-8-6-17(7-9-18)11-4-2-3-5-15-11/h2-5H,6-9H2,1H3,(H,16,20). The molecule has 0 aliphatic carbocycles. The van der Waals surface area contributed by atoms with Gasteiger partial charge in [-0.25, -0.2) is 4.98 Å². The van der Waals surface area contributed by atoms with Crippen molar-refractivity contribution in [3.8, 4) is 0 Å². The van der Waals surface area contributed by atoms with Crippen molar-refractivity contribution >= 4 is 23.1 Å². The maximum absolute atomic E-state index is 12.4. The molecule has 1 amide bonds. The second-order valence-corrected chi connectivity index (χ2v) is 5.92. The molecule has 0 saturated carbocycles. The number of pyridine rings is 1. The number of nitrogens with one attached hydrogen (secondary N) is 1. The second kappa shape index (κ2) is 5.69. The Morgan fingerprint density at radius 2 is 2.05 bits per heavy atom. The summed E-state index contributed by atoms with van der Waals surface area (Å²) in [4.78, 5) is 35.0. The summed E-state index contributed by atoms with van der Waals surface area (Å²) < 4.78 is 0. The molecule has 1 aliphatic heterocycles. The van der Waals surface area contributed by atoms with E-state index in [9.17, 15) is 9.59 Å². The zero-order chi connectivity index (χ0) is 14.8. The van der Waals surface area contributed by atoms with Gasteiger partial charge in [0.15, 0.2) is 0 Å². The molecular formula is C14H16N4O2S. The van der Waals surface area contributed by atoms with Gasteiger partial charge in [0.05, 0.1) is 0 Å². The van der Waals surface area contributed by atoms with E-state index in [0.717, 1.165) is 30.2 Å². The highest BCUT2D eigenvalue weighted by atomic mass is 32.1. The summed E-state index contributed by atoms with van der Waals surface area (Å²) in [5, 5.41) is 0. The molecule has 6 nitrogen and oxygen atoms in total. The Bertz CT molecular complexity index is 686. The summed E-state index contributed by atoms with van der Waals surface area (Å²) in [5.41, 5.74) is 0.655. The molecule has 0 unspecified atom stereocenters. The van der Waals surface area contributed by atoms with Crippen LogP contribution in [0.2, 0.25) is 0 Å². The predicted molar refractivity (Wildman–Crippen MR) is 82.0 cm³/mol. The Morgan fingerprint density at radius 3 is 2.62 bits per heavy atom. The monoisotopic (exact) mass is 304 g/mol. The normalized spacial score (nSPS) is 15.3. The Hall–Kier alpha value is -2.15. The molecule has 0 spiro atoms. The minimum atomic E-state index is -0.178. The van der Waals surface area contributed by atoms with Gasteiger partial charge in [0, 0.05) is 38.1 Å². The van der Waals surface area contributed by atoms with E-state index in [0.29, 0.717) is 23.7 Å². The Labute approximate surface area is 126 Å². The van der Waals surface area contributed by atoms with Crippen molar-refractivity contribution in [2.45, 2.75) is 6.92 Å². The Balaban J connectivity index is 1.67. The van der Waals surface area contributed by atoms with Crippen LogP contribution in [-0.2, 0) is 0 Å². The summed E-state index contributed by atoms with van der Waals surface area (Å²) in [7, 11) is 0. The first kappa shape index (κ1) is 13.8. The number of hydrogen-bond donors (Lipinski definition) is 1. The molecule has 3 rings (SSSR count). The number of aromatic amines is 1. The van der Waals surface area contributed by atoms with Crippen LogP contribution in [0, 0.1) is 6.92 Å². The van der Waals surface area contributed by atoms with E-state index in [4.69, 9.17) is 0 Å². The first-order valence-electron chi connectivity index (χ1n) is 6.80. The lowest BCUT2D eigenvalue weighted by Crippen LogP contribution is -2.49. The molecule has 1 saturated heterocycles. The lowest BCUT2D eigenvalue weighted by Gasteiger charge is -2.35. The average molecular weight is 304 g/mol. The van der Waals surface area contributed by atoms with Gasteiger partial charge in [-0.15, -0.1) is 0 Å². The van der Waals surface area contributed by atoms with E-state index in [1.165, 1.54) is 0 Å². The number of nitrogens with zero attached hydrogens (tertiary/aromatic N) is 3. The smallest absolute Gasteiger partial charge is 0.305 e. The molecule has 0 bridgehead atoms. The molecule has 110 valence electrons. The van der Waals surface area contributed by atoms with Crippen molar-refractivity contribution < 1.29 is 4.79 Å². The second-order valence-electron chi connectivity index (χ2n) is 4.94. The van der Waals surface area contributed by atoms with Gasteiger partial charge >= 0.3 is 4.87 Å². The van der Waals surface area contributed by atoms with Crippen molar-refractivity contribution in [1.82, 2.24) is 14.9 Å². The summed E-state index contributed by atoms with van der Waals surface area (Å²) in [6.07, 6.45) is 1.77. The van der Waals surface area contributed by atoms with Crippen LogP contribution in [0.5, 0.6) is 0 Å². The average Bonchev–Trinajstić information content (AvgIpc) is 2.86. The van der Waals surface area contributed by atoms with Crippen LogP contribution >= 0.6 is 11.3 Å². The maximum Gasteiger partial charge on any atom is 0.305 e. The highest BCUT2D eigenvalue weighted by Crippen LogP contribution is 2.16. The number of thiazole rings is 1. The highest BCUT2D eigenvalue weighted by Gasteiger charge is 2.25. The highest BCUT2D eigenvalue weighted by molar-refractivity contribution is 7.11. The number of hydrogen-bond acceptors (Lipinski definition) is 5. The van der Waals surface area contributed by atoms with E-state index in [-0.39, 0.29) is 10.8 Å². The molecule has 7 heteroatoms. The van der Waals surface area contributed by atoms with Crippen molar-refractivity contribution in [1.29, 1.82) is 0 Å². The Kier molecular flexibility index (Phi) is 3.74. The van der Waals surface area contributed by atoms with Crippen LogP contribution in [0.25, 0.3) is 0 Å². The van der Waals surface area contributed by atoms with Gasteiger partial charge in [-0.05, 0) is 19.1 Å². The largest absolute Gasteiger partial charge is 0.353 e. The number of rotatable bonds is 2. The van der Waals surface area contributed by atoms with Gasteiger partial charge in [-0.2, -0.15) is 0 Å². The third-order valence-corrected chi connectivity index (χ3v) is 4.53. The zero-order valence-electron chi connectivity index (χ0n) is 11.7. The lowest BCUT2D eigenvalue weighted by atomic mass is 10.2. The number of piperazine rings is 1. The van der Waals surface area contributed by atoms with Crippen LogP contribution in [0.1, 0.15) is 15.4 Å². The Morgan fingerprint density at radius 1 is 1.29 bits per heavy atom. The van der Waals surface area contributed by atoms with Crippen LogP contribution in [0.4, 0.5) is 5.82 Å². The molecule has 2 aromatic rings. The van der Waals surface area contributed by atoms with Gasteiger partial charge < -0.3 is 14.8 Å². The summed E-state index contributed by atoms with van der Waals surface area (Å²) in [5.74, 6) is 0.878. The van der Waals surface area contributed by atoms with Crippen molar-refractivity contribution in [3.05, 3.63) is 44.6 Å². The summed E-state index contributed by atoms with van der Waals surface area (Å²) in [6.45, 7) is 4.54. The third kappa shape index (κ3) is 2.82. The van der Waals surface area contributed by atoms with E-state index in [1.807, 2.05) is 18.2 Å². The van der Waals surface area contributed by atoms with Gasteiger partial charge in [-0.3, -0.25) is 9.59 Å². The minimum absolute atomic E-state index is 0.0588. The fourth-order valence-corrected chi connectivity index (χ4v) is 3.24. The van der Waals surface area contributed by atoms with Crippen LogP contribution in [0.3, 0.4) is 0 Å². The molecule has 21 heavy (non-hydrogen) atoms. The number of aryl methyl sites for hydroxylation is 1. The van der Waals surface area contributed by atoms with Gasteiger partial charge in [-0.1, -0.05) is 17.4 Å². The fraction of sp³-hybridized carbons (Fsp3) is 0.357. The number of amides is 1. The minimum Gasteiger partial charge on any atom is -0.353 e. The van der Waals surface area contributed by atoms with Gasteiger partial charge in [0.25, 0.3) is 5.91 Å². The van der Waals surface area contributed by atoms with Crippen LogP contribution in [-0.4, -0.2) is 47.0 Å². The molecule has 2 aromatic heterocycles. The first-order valence-corrected chi connectivity index (χ1v) is 7.62. The van der Waals surface area contributed by atoms with Crippen LogP contribution < -0.4 is 9.77 Å². The van der Waals surface area contributed by atoms with E-state index in [2.05, 4.69) is 14.9 Å². The van der Waals surface area contributed by atoms with Crippen LogP contribution in [0.15, 0.2) is 29.2 Å². The lowest BCUT2D eigenvalue weighted by molar-refractivity contribution is 0.0750. The molecule has 0 atom stereocenters. The van der Waals surface area contributed by atoms with Crippen molar-refractivity contribution in [3.63, 3.8) is 0 Å². The third-order valence-electron chi connectivity index (χ3n) is 3.56. The number of carbonyl (C=O) groups is 1. The summed E-state index contributed by atoms with van der Waals surface area (Å²) in [6, 6.07) is 5.82. The van der Waals surface area contributed by atoms with E-state index >= 15 is 0 Å². The van der Waals surface area contributed by atoms with E-state index < -0.39 is 0 Å². The number of anilines is 1. The molecule has 0 aromatic carbocycles. The topological polar surface area (TPSA) is 69.3 Å². The molecular weight excluding hydrogens is 288 g/mol.